The molecule has 0 bridgehead atoms. The van der Waals surface area contributed by atoms with E-state index >= 15 is 0 Å². The molecule has 132 valence electrons. The molecule has 0 aliphatic heterocycles. The number of carbonyl (C=O) groups excluding carboxylic acids is 2. The number of hydrogen-bond acceptors (Lipinski definition) is 5. The Morgan fingerprint density at radius 2 is 1.76 bits per heavy atom. The van der Waals surface area contributed by atoms with Crippen LogP contribution >= 0.6 is 0 Å². The molecule has 0 spiro atoms. The van der Waals surface area contributed by atoms with Crippen molar-refractivity contribution in [3.05, 3.63) is 53.6 Å². The number of carbonyl (C=O) groups is 2. The molecule has 0 aliphatic rings. The second-order valence-electron chi connectivity index (χ2n) is 5.44. The first kappa shape index (κ1) is 18.3. The highest BCUT2D eigenvalue weighted by Gasteiger charge is 2.09. The van der Waals surface area contributed by atoms with Gasteiger partial charge in [-0.3, -0.25) is 9.59 Å². The molecule has 0 heterocycles. The van der Waals surface area contributed by atoms with Crippen molar-refractivity contribution >= 4 is 17.6 Å². The van der Waals surface area contributed by atoms with Gasteiger partial charge in [0.05, 0.1) is 26.3 Å². The van der Waals surface area contributed by atoms with Crippen LogP contribution in [-0.4, -0.2) is 32.7 Å². The van der Waals surface area contributed by atoms with Crippen LogP contribution in [0.25, 0.3) is 0 Å². The fraction of sp³-hybridized carbons (Fsp3) is 0.263. The molecule has 2 aromatic carbocycles. The van der Waals surface area contributed by atoms with Crippen molar-refractivity contribution in [2.45, 2.75) is 13.3 Å². The van der Waals surface area contributed by atoms with Gasteiger partial charge in [0.2, 0.25) is 0 Å². The van der Waals surface area contributed by atoms with Gasteiger partial charge in [0.25, 0.3) is 5.91 Å². The molecule has 1 amide bonds. The first-order chi connectivity index (χ1) is 12.0. The lowest BCUT2D eigenvalue weighted by Gasteiger charge is -2.12. The van der Waals surface area contributed by atoms with Gasteiger partial charge in [-0.1, -0.05) is 18.2 Å². The summed E-state index contributed by atoms with van der Waals surface area (Å²) in [6.45, 7) is 1.80. The minimum Gasteiger partial charge on any atom is -0.495 e. The molecule has 0 fully saturated rings. The number of hydrogen-bond donors (Lipinski definition) is 1. The third-order valence-corrected chi connectivity index (χ3v) is 3.50. The van der Waals surface area contributed by atoms with Crippen molar-refractivity contribution < 1.29 is 23.8 Å². The average Bonchev–Trinajstić information content (AvgIpc) is 2.61. The summed E-state index contributed by atoms with van der Waals surface area (Å²) in [5, 5.41) is 2.77. The van der Waals surface area contributed by atoms with Crippen molar-refractivity contribution in [1.82, 2.24) is 0 Å². The number of rotatable bonds is 7. The molecule has 2 rings (SSSR count). The minimum atomic E-state index is -0.305. The van der Waals surface area contributed by atoms with Crippen molar-refractivity contribution in [3.8, 4) is 11.5 Å². The van der Waals surface area contributed by atoms with Crippen LogP contribution in [-0.2, 0) is 20.7 Å². The van der Waals surface area contributed by atoms with E-state index in [-0.39, 0.29) is 24.9 Å². The lowest BCUT2D eigenvalue weighted by Crippen LogP contribution is -2.20. The molecule has 2 aromatic rings. The maximum absolute atomic E-state index is 12.1. The van der Waals surface area contributed by atoms with E-state index in [0.717, 1.165) is 11.1 Å². The van der Waals surface area contributed by atoms with Crippen molar-refractivity contribution in [2.75, 3.05) is 26.1 Å². The molecule has 1 N–H and O–H groups in total. The van der Waals surface area contributed by atoms with E-state index in [1.54, 1.807) is 37.4 Å². The largest absolute Gasteiger partial charge is 0.495 e. The van der Waals surface area contributed by atoms with Gasteiger partial charge in [-0.25, -0.2) is 0 Å². The highest BCUT2D eigenvalue weighted by Crippen LogP contribution is 2.25. The summed E-state index contributed by atoms with van der Waals surface area (Å²) in [5.74, 6) is 0.536. The zero-order chi connectivity index (χ0) is 18.2. The minimum absolute atomic E-state index is 0.132. The third kappa shape index (κ3) is 5.53. The van der Waals surface area contributed by atoms with E-state index in [1.807, 2.05) is 19.1 Å². The summed E-state index contributed by atoms with van der Waals surface area (Å²) in [4.78, 5) is 23.3. The van der Waals surface area contributed by atoms with Crippen molar-refractivity contribution in [2.24, 2.45) is 0 Å². The maximum atomic E-state index is 12.1. The maximum Gasteiger partial charge on any atom is 0.309 e. The van der Waals surface area contributed by atoms with Gasteiger partial charge in [-0.05, 0) is 42.3 Å². The van der Waals surface area contributed by atoms with E-state index in [2.05, 4.69) is 10.1 Å². The molecule has 0 saturated heterocycles. The zero-order valence-corrected chi connectivity index (χ0v) is 14.5. The lowest BCUT2D eigenvalue weighted by molar-refractivity contribution is -0.139. The molecular weight excluding hydrogens is 322 g/mol. The monoisotopic (exact) mass is 343 g/mol. The number of nitrogens with one attached hydrogen (secondary N) is 1. The normalized spacial score (nSPS) is 10.0. The van der Waals surface area contributed by atoms with Gasteiger partial charge < -0.3 is 19.5 Å². The molecule has 0 unspecified atom stereocenters. The summed E-state index contributed by atoms with van der Waals surface area (Å²) >= 11 is 0. The highest BCUT2D eigenvalue weighted by molar-refractivity contribution is 5.93. The van der Waals surface area contributed by atoms with Crippen LogP contribution in [0.4, 0.5) is 5.69 Å². The molecule has 6 nitrogen and oxygen atoms in total. The number of amides is 1. The lowest BCUT2D eigenvalue weighted by atomic mass is 10.1. The van der Waals surface area contributed by atoms with Crippen molar-refractivity contribution in [1.29, 1.82) is 0 Å². The Morgan fingerprint density at radius 1 is 1.04 bits per heavy atom. The Hall–Kier alpha value is -3.02. The predicted octanol–water partition coefficient (Wildman–Crippen LogP) is 2.74. The van der Waals surface area contributed by atoms with E-state index in [0.29, 0.717) is 17.2 Å². The summed E-state index contributed by atoms with van der Waals surface area (Å²) in [6, 6.07) is 12.5. The first-order valence-corrected chi connectivity index (χ1v) is 7.75. The molecule has 0 aliphatic carbocycles. The molecular formula is C19H21NO5. The van der Waals surface area contributed by atoms with Gasteiger partial charge in [0.1, 0.15) is 11.5 Å². The van der Waals surface area contributed by atoms with Gasteiger partial charge in [0, 0.05) is 0 Å². The van der Waals surface area contributed by atoms with Crippen LogP contribution in [0.15, 0.2) is 42.5 Å². The fourth-order valence-electron chi connectivity index (χ4n) is 2.20. The Labute approximate surface area is 146 Å². The average molecular weight is 343 g/mol. The molecule has 0 radical (unpaired) electrons. The van der Waals surface area contributed by atoms with Crippen LogP contribution in [0.1, 0.15) is 11.1 Å². The second kappa shape index (κ2) is 8.73. The van der Waals surface area contributed by atoms with E-state index < -0.39 is 0 Å². The highest BCUT2D eigenvalue weighted by atomic mass is 16.5. The predicted molar refractivity (Wildman–Crippen MR) is 94.0 cm³/mol. The van der Waals surface area contributed by atoms with E-state index in [9.17, 15) is 9.59 Å². The second-order valence-corrected chi connectivity index (χ2v) is 5.44. The number of anilines is 1. The number of esters is 1. The Kier molecular flexibility index (Phi) is 6.39. The van der Waals surface area contributed by atoms with Gasteiger partial charge in [0.15, 0.2) is 6.61 Å². The first-order valence-electron chi connectivity index (χ1n) is 7.75. The molecule has 0 aromatic heterocycles. The van der Waals surface area contributed by atoms with E-state index in [1.165, 1.54) is 7.11 Å². The number of methoxy groups -OCH3 is 2. The molecule has 0 atom stereocenters. The molecule has 0 saturated carbocycles. The van der Waals surface area contributed by atoms with Crippen LogP contribution in [0.2, 0.25) is 0 Å². The fourth-order valence-corrected chi connectivity index (χ4v) is 2.20. The summed E-state index contributed by atoms with van der Waals surface area (Å²) < 4.78 is 15.3. The van der Waals surface area contributed by atoms with Gasteiger partial charge in [-0.15, -0.1) is 0 Å². The SMILES string of the molecule is COC(=O)Cc1ccc(OCC(=O)Nc2cc(C)ccc2OC)cc1. The van der Waals surface area contributed by atoms with Crippen LogP contribution in [0.3, 0.4) is 0 Å². The summed E-state index contributed by atoms with van der Waals surface area (Å²) in [5.41, 5.74) is 2.43. The number of aryl methyl sites for hydroxylation is 1. The van der Waals surface area contributed by atoms with Gasteiger partial charge >= 0.3 is 5.97 Å². The third-order valence-electron chi connectivity index (χ3n) is 3.50. The Bertz CT molecular complexity index is 740. The van der Waals surface area contributed by atoms with Gasteiger partial charge in [-0.2, -0.15) is 0 Å². The standard InChI is InChI=1S/C19H21NO5/c1-13-4-9-17(23-2)16(10-13)20-18(21)12-25-15-7-5-14(6-8-15)11-19(22)24-3/h4-10H,11-12H2,1-3H3,(H,20,21). The smallest absolute Gasteiger partial charge is 0.309 e. The Morgan fingerprint density at radius 3 is 2.40 bits per heavy atom. The van der Waals surface area contributed by atoms with Crippen LogP contribution < -0.4 is 14.8 Å². The van der Waals surface area contributed by atoms with E-state index in [4.69, 9.17) is 9.47 Å². The summed E-state index contributed by atoms with van der Waals surface area (Å²) in [7, 11) is 2.90. The summed E-state index contributed by atoms with van der Waals surface area (Å²) in [6.07, 6.45) is 0.199. The topological polar surface area (TPSA) is 73.9 Å². The number of benzene rings is 2. The van der Waals surface area contributed by atoms with Crippen LogP contribution in [0.5, 0.6) is 11.5 Å². The molecule has 25 heavy (non-hydrogen) atoms. The zero-order valence-electron chi connectivity index (χ0n) is 14.5. The number of ether oxygens (including phenoxy) is 3. The van der Waals surface area contributed by atoms with Crippen LogP contribution in [0, 0.1) is 6.92 Å². The quantitative estimate of drug-likeness (QED) is 0.783. The molecule has 6 heteroatoms. The Balaban J connectivity index is 1.90. The van der Waals surface area contributed by atoms with Crippen molar-refractivity contribution in [3.63, 3.8) is 0 Å².